The number of hydrogen-bond acceptors (Lipinski definition) is 13. The molecule has 13 heteroatoms. The van der Waals surface area contributed by atoms with Gasteiger partial charge in [0.15, 0.2) is 0 Å². The third-order valence-corrected chi connectivity index (χ3v) is 10.9. The Morgan fingerprint density at radius 3 is 1.28 bits per heavy atom. The minimum absolute atomic E-state index is 0.0266. The van der Waals surface area contributed by atoms with Gasteiger partial charge in [0.2, 0.25) is 6.29 Å². The maximum absolute atomic E-state index is 12.9. The monoisotopic (exact) mass is 822 g/mol. The smallest absolute Gasteiger partial charge is 0.366 e. The highest BCUT2D eigenvalue weighted by Gasteiger charge is 2.40. The van der Waals surface area contributed by atoms with E-state index in [1.165, 1.54) is 70.6 Å². The Kier molecular flexibility index (Phi) is 33.5. The van der Waals surface area contributed by atoms with Crippen molar-refractivity contribution in [1.82, 2.24) is 4.90 Å². The van der Waals surface area contributed by atoms with Crippen LogP contribution in [0.4, 0.5) is 0 Å². The number of carbonyl (C=O) groups excluding carboxylic acids is 2. The molecule has 0 aromatic carbocycles. The molecule has 0 amide bonds. The first-order valence-electron chi connectivity index (χ1n) is 23.0. The number of esters is 2. The molecule has 0 aromatic rings. The molecule has 0 radical (unpaired) electrons. The van der Waals surface area contributed by atoms with Gasteiger partial charge in [-0.1, -0.05) is 149 Å². The van der Waals surface area contributed by atoms with Crippen molar-refractivity contribution in [3.05, 3.63) is 0 Å². The van der Waals surface area contributed by atoms with Crippen LogP contribution in [0.25, 0.3) is 0 Å². The summed E-state index contributed by atoms with van der Waals surface area (Å²) >= 11 is 0. The molecule has 0 bridgehead atoms. The second kappa shape index (κ2) is 34.3. The molecule has 0 aliphatic heterocycles. The average Bonchev–Trinajstić information content (AvgIpc) is 3.16. The van der Waals surface area contributed by atoms with Crippen LogP contribution >= 0.6 is 0 Å². The second-order valence-corrected chi connectivity index (χ2v) is 16.4. The number of rotatable bonds is 41. The molecular weight excluding hydrogens is 734 g/mol. The van der Waals surface area contributed by atoms with E-state index in [0.29, 0.717) is 38.5 Å². The number of carbonyl (C=O) groups is 2. The van der Waals surface area contributed by atoms with Crippen molar-refractivity contribution >= 4 is 11.9 Å². The van der Waals surface area contributed by atoms with Crippen molar-refractivity contribution in [2.75, 3.05) is 19.7 Å². The van der Waals surface area contributed by atoms with Crippen LogP contribution in [0.15, 0.2) is 0 Å². The first-order valence-corrected chi connectivity index (χ1v) is 23.0. The SMILES string of the molecule is CCCCCCCCCCCOC(=O)C(O)(O)CCCCN(CCCCCCC(O)(O)C(=O)OC(CCCCCCCC)CCCCCCCC)C(O)(O)C(O)O. The molecule has 13 nitrogen and oxygen atoms in total. The fraction of sp³-hybridized carbons (Fsp3) is 0.955. The van der Waals surface area contributed by atoms with Gasteiger partial charge in [-0.2, -0.15) is 0 Å². The molecule has 0 fully saturated rings. The molecule has 0 heterocycles. The number of aliphatic hydroxyl groups is 8. The standard InChI is InChI=1S/C44H87NO12/c1-4-7-10-13-16-17-18-23-30-37-56-40(48)42(50,51)34-27-29-36-45(44(54,55)39(46)47)35-28-22-21-26-33-43(52,53)41(49)57-38(31-24-19-14-11-8-5-2)32-25-20-15-12-9-6-3/h38-39,46-47,50-55H,4-37H2,1-3H3. The fourth-order valence-electron chi connectivity index (χ4n) is 7.02. The number of nitrogens with zero attached hydrogens (tertiary/aromatic N) is 1. The lowest BCUT2D eigenvalue weighted by molar-refractivity contribution is -0.358. The van der Waals surface area contributed by atoms with Gasteiger partial charge in [0.05, 0.1) is 6.61 Å². The van der Waals surface area contributed by atoms with Gasteiger partial charge in [0, 0.05) is 25.9 Å². The molecule has 340 valence electrons. The molecule has 8 N–H and O–H groups in total. The van der Waals surface area contributed by atoms with Crippen molar-refractivity contribution in [2.45, 2.75) is 250 Å². The van der Waals surface area contributed by atoms with Gasteiger partial charge in [-0.15, -0.1) is 0 Å². The number of unbranched alkanes of at least 4 members (excludes halogenated alkanes) is 22. The number of aliphatic hydroxyl groups excluding tert-OH is 1. The molecule has 0 aliphatic carbocycles. The number of ether oxygens (including phenoxy) is 2. The summed E-state index contributed by atoms with van der Waals surface area (Å²) in [4.78, 5) is 26.2. The van der Waals surface area contributed by atoms with Gasteiger partial charge in [0.1, 0.15) is 6.10 Å². The van der Waals surface area contributed by atoms with Gasteiger partial charge >= 0.3 is 11.9 Å². The average molecular weight is 822 g/mol. The summed E-state index contributed by atoms with van der Waals surface area (Å²) in [5.41, 5.74) is 0. The van der Waals surface area contributed by atoms with Crippen molar-refractivity contribution in [3.63, 3.8) is 0 Å². The summed E-state index contributed by atoms with van der Waals surface area (Å²) in [6.45, 7) is 6.60. The molecular formula is C44H87NO12. The van der Waals surface area contributed by atoms with Crippen LogP contribution in [-0.2, 0) is 19.1 Å². The van der Waals surface area contributed by atoms with Crippen LogP contribution in [0.3, 0.4) is 0 Å². The Morgan fingerprint density at radius 1 is 0.474 bits per heavy atom. The molecule has 0 rings (SSSR count). The zero-order valence-electron chi connectivity index (χ0n) is 36.4. The van der Waals surface area contributed by atoms with Gasteiger partial charge in [-0.3, -0.25) is 0 Å². The normalized spacial score (nSPS) is 12.7. The molecule has 0 atom stereocenters. The Bertz CT molecular complexity index is 946. The van der Waals surface area contributed by atoms with E-state index in [1.54, 1.807) is 0 Å². The number of hydrogen-bond donors (Lipinski definition) is 8. The minimum atomic E-state index is -2.97. The van der Waals surface area contributed by atoms with Crippen LogP contribution in [0.1, 0.15) is 220 Å². The summed E-state index contributed by atoms with van der Waals surface area (Å²) in [5.74, 6) is -10.4. The van der Waals surface area contributed by atoms with E-state index in [-0.39, 0.29) is 57.9 Å². The predicted octanol–water partition coefficient (Wildman–Crippen LogP) is 7.21. The zero-order valence-corrected chi connectivity index (χ0v) is 36.4. The van der Waals surface area contributed by atoms with Crippen LogP contribution in [0.5, 0.6) is 0 Å². The van der Waals surface area contributed by atoms with E-state index in [9.17, 15) is 50.4 Å². The predicted molar refractivity (Wildman–Crippen MR) is 222 cm³/mol. The van der Waals surface area contributed by atoms with Gasteiger partial charge in [-0.25, -0.2) is 14.5 Å². The molecule has 0 spiro atoms. The maximum Gasteiger partial charge on any atom is 0.366 e. The van der Waals surface area contributed by atoms with Gasteiger partial charge in [0.25, 0.3) is 17.5 Å². The van der Waals surface area contributed by atoms with Crippen molar-refractivity contribution in [2.24, 2.45) is 0 Å². The third-order valence-electron chi connectivity index (χ3n) is 10.9. The minimum Gasteiger partial charge on any atom is -0.462 e. The summed E-state index contributed by atoms with van der Waals surface area (Å²) in [5, 5.41) is 81.6. The highest BCUT2D eigenvalue weighted by molar-refractivity contribution is 5.77. The zero-order chi connectivity index (χ0) is 42.8. The quantitative estimate of drug-likeness (QED) is 0.0174. The van der Waals surface area contributed by atoms with E-state index in [4.69, 9.17) is 9.47 Å². The fourth-order valence-corrected chi connectivity index (χ4v) is 7.02. The summed E-state index contributed by atoms with van der Waals surface area (Å²) in [6, 6.07) is 0. The summed E-state index contributed by atoms with van der Waals surface area (Å²) in [6.07, 6.45) is 23.1. The second-order valence-electron chi connectivity index (χ2n) is 16.4. The molecule has 0 saturated carbocycles. The highest BCUT2D eigenvalue weighted by atomic mass is 16.6. The first kappa shape index (κ1) is 55.6. The van der Waals surface area contributed by atoms with E-state index >= 15 is 0 Å². The molecule has 57 heavy (non-hydrogen) atoms. The molecule has 0 aliphatic rings. The Labute approximate surface area is 345 Å². The lowest BCUT2D eigenvalue weighted by Gasteiger charge is -2.36. The van der Waals surface area contributed by atoms with E-state index in [2.05, 4.69) is 20.8 Å². The highest BCUT2D eigenvalue weighted by Crippen LogP contribution is 2.23. The Hall–Kier alpha value is -1.42. The van der Waals surface area contributed by atoms with Crippen LogP contribution in [0.2, 0.25) is 0 Å². The van der Waals surface area contributed by atoms with E-state index < -0.39 is 35.7 Å². The largest absolute Gasteiger partial charge is 0.462 e. The molecule has 0 aromatic heterocycles. The van der Waals surface area contributed by atoms with Crippen molar-refractivity contribution < 1.29 is 59.9 Å². The summed E-state index contributed by atoms with van der Waals surface area (Å²) < 4.78 is 10.7. The topological polar surface area (TPSA) is 218 Å². The lowest BCUT2D eigenvalue weighted by atomic mass is 10.0. The van der Waals surface area contributed by atoms with E-state index in [1.807, 2.05) is 0 Å². The van der Waals surface area contributed by atoms with Gasteiger partial charge < -0.3 is 50.3 Å². The maximum atomic E-state index is 12.9. The Morgan fingerprint density at radius 2 is 0.825 bits per heavy atom. The van der Waals surface area contributed by atoms with Crippen LogP contribution in [-0.4, -0.2) is 107 Å². The molecule has 0 saturated heterocycles. The van der Waals surface area contributed by atoms with Gasteiger partial charge in [-0.05, 0) is 57.8 Å². The third kappa shape index (κ3) is 28.6. The first-order chi connectivity index (χ1) is 27.2. The van der Waals surface area contributed by atoms with Crippen LogP contribution < -0.4 is 0 Å². The Balaban J connectivity index is 4.70. The summed E-state index contributed by atoms with van der Waals surface area (Å²) in [7, 11) is 0. The lowest BCUT2D eigenvalue weighted by Crippen LogP contribution is -2.57. The van der Waals surface area contributed by atoms with Crippen LogP contribution in [0, 0.1) is 0 Å². The van der Waals surface area contributed by atoms with E-state index in [0.717, 1.165) is 62.7 Å². The van der Waals surface area contributed by atoms with Crippen molar-refractivity contribution in [3.8, 4) is 0 Å². The van der Waals surface area contributed by atoms with Crippen molar-refractivity contribution in [1.29, 1.82) is 0 Å². The molecule has 0 unspecified atom stereocenters.